The normalized spacial score (nSPS) is 14.7. The quantitative estimate of drug-likeness (QED) is 0.537. The Hall–Kier alpha value is -2.66. The summed E-state index contributed by atoms with van der Waals surface area (Å²) < 4.78 is 1.03. The molecule has 0 radical (unpaired) electrons. The molecule has 2 amide bonds. The maximum absolute atomic E-state index is 13.1. The van der Waals surface area contributed by atoms with Crippen LogP contribution in [0.2, 0.25) is 0 Å². The van der Waals surface area contributed by atoms with Crippen LogP contribution in [0, 0.1) is 5.92 Å². The van der Waals surface area contributed by atoms with Crippen molar-refractivity contribution >= 4 is 38.5 Å². The lowest BCUT2D eigenvalue weighted by atomic mass is 9.94. The van der Waals surface area contributed by atoms with Crippen LogP contribution in [0.1, 0.15) is 28.8 Å². The molecule has 0 N–H and O–H groups in total. The molecule has 4 rings (SSSR count). The first-order valence-corrected chi connectivity index (χ1v) is 11.1. The lowest BCUT2D eigenvalue weighted by Crippen LogP contribution is -2.43. The summed E-state index contributed by atoms with van der Waals surface area (Å²) in [6.45, 7) is 1.83. The molecule has 30 heavy (non-hydrogen) atoms. The third-order valence-corrected chi connectivity index (χ3v) is 6.39. The Kier molecular flexibility index (Phi) is 6.18. The van der Waals surface area contributed by atoms with E-state index in [-0.39, 0.29) is 17.7 Å². The van der Waals surface area contributed by atoms with Crippen molar-refractivity contribution in [2.75, 3.05) is 20.1 Å². The van der Waals surface area contributed by atoms with E-state index >= 15 is 0 Å². The number of hydrogen-bond donors (Lipinski definition) is 0. The Morgan fingerprint density at radius 3 is 2.37 bits per heavy atom. The standard InChI is InChI=1S/C25H25BrN2O2/c1-27(17-18-9-11-21(26)12-10-18)24(29)20-13-15-28(16-14-20)25(30)23-8-4-6-19-5-2-3-7-22(19)23/h2-12,20H,13-17H2,1H3. The van der Waals surface area contributed by atoms with Crippen molar-refractivity contribution < 1.29 is 9.59 Å². The van der Waals surface area contributed by atoms with Crippen molar-refractivity contribution in [2.24, 2.45) is 5.92 Å². The van der Waals surface area contributed by atoms with E-state index in [0.29, 0.717) is 32.5 Å². The number of fused-ring (bicyclic) bond motifs is 1. The molecular formula is C25H25BrN2O2. The Morgan fingerprint density at radius 2 is 1.63 bits per heavy atom. The van der Waals surface area contributed by atoms with E-state index in [2.05, 4.69) is 15.9 Å². The Bertz CT molecular complexity index is 1050. The van der Waals surface area contributed by atoms with Gasteiger partial charge in [-0.1, -0.05) is 64.5 Å². The largest absolute Gasteiger partial charge is 0.341 e. The maximum Gasteiger partial charge on any atom is 0.254 e. The van der Waals surface area contributed by atoms with Crippen LogP contribution in [0.5, 0.6) is 0 Å². The lowest BCUT2D eigenvalue weighted by molar-refractivity contribution is -0.136. The number of benzene rings is 3. The number of rotatable bonds is 4. The molecule has 1 aliphatic heterocycles. The first-order valence-electron chi connectivity index (χ1n) is 10.3. The van der Waals surface area contributed by atoms with Crippen LogP contribution < -0.4 is 0 Å². The Morgan fingerprint density at radius 1 is 0.967 bits per heavy atom. The Balaban J connectivity index is 1.37. The van der Waals surface area contributed by atoms with Crippen LogP contribution in [0.15, 0.2) is 71.2 Å². The fraction of sp³-hybridized carbons (Fsp3) is 0.280. The summed E-state index contributed by atoms with van der Waals surface area (Å²) in [6.07, 6.45) is 1.42. The third-order valence-electron chi connectivity index (χ3n) is 5.86. The third kappa shape index (κ3) is 4.41. The highest BCUT2D eigenvalue weighted by molar-refractivity contribution is 9.10. The first kappa shape index (κ1) is 20.6. The molecule has 3 aromatic carbocycles. The zero-order valence-electron chi connectivity index (χ0n) is 17.1. The maximum atomic E-state index is 13.1. The number of hydrogen-bond acceptors (Lipinski definition) is 2. The van der Waals surface area contributed by atoms with Gasteiger partial charge in [0.1, 0.15) is 0 Å². The molecule has 0 aromatic heterocycles. The molecular weight excluding hydrogens is 440 g/mol. The van der Waals surface area contributed by atoms with Gasteiger partial charge in [-0.05, 0) is 47.4 Å². The summed E-state index contributed by atoms with van der Waals surface area (Å²) in [5.41, 5.74) is 1.85. The summed E-state index contributed by atoms with van der Waals surface area (Å²) in [4.78, 5) is 29.7. The highest BCUT2D eigenvalue weighted by Crippen LogP contribution is 2.25. The second-order valence-corrected chi connectivity index (χ2v) is 8.83. The molecule has 154 valence electrons. The van der Waals surface area contributed by atoms with Gasteiger partial charge in [-0.3, -0.25) is 9.59 Å². The molecule has 4 nitrogen and oxygen atoms in total. The minimum atomic E-state index is -0.0259. The van der Waals surface area contributed by atoms with Gasteiger partial charge in [-0.15, -0.1) is 0 Å². The smallest absolute Gasteiger partial charge is 0.254 e. The van der Waals surface area contributed by atoms with E-state index in [1.165, 1.54) is 0 Å². The molecule has 3 aromatic rings. The molecule has 0 bridgehead atoms. The van der Waals surface area contributed by atoms with Crippen LogP contribution in [-0.4, -0.2) is 41.8 Å². The Labute approximate surface area is 185 Å². The van der Waals surface area contributed by atoms with E-state index in [0.717, 1.165) is 26.4 Å². The number of carbonyl (C=O) groups excluding carboxylic acids is 2. The molecule has 0 aliphatic carbocycles. The van der Waals surface area contributed by atoms with Gasteiger partial charge in [0, 0.05) is 42.6 Å². The molecule has 5 heteroatoms. The van der Waals surface area contributed by atoms with Gasteiger partial charge in [-0.2, -0.15) is 0 Å². The second-order valence-electron chi connectivity index (χ2n) is 7.91. The van der Waals surface area contributed by atoms with Crippen molar-refractivity contribution in [3.63, 3.8) is 0 Å². The van der Waals surface area contributed by atoms with Crippen LogP contribution in [0.4, 0.5) is 0 Å². The molecule has 0 atom stereocenters. The molecule has 0 unspecified atom stereocenters. The predicted molar refractivity (Wildman–Crippen MR) is 123 cm³/mol. The van der Waals surface area contributed by atoms with Crippen molar-refractivity contribution in [1.29, 1.82) is 0 Å². The number of nitrogens with zero attached hydrogens (tertiary/aromatic N) is 2. The zero-order valence-corrected chi connectivity index (χ0v) is 18.6. The number of piperidine rings is 1. The lowest BCUT2D eigenvalue weighted by Gasteiger charge is -2.33. The number of likely N-dealkylation sites (tertiary alicyclic amines) is 1. The van der Waals surface area contributed by atoms with Crippen molar-refractivity contribution in [3.8, 4) is 0 Å². The fourth-order valence-corrected chi connectivity index (χ4v) is 4.43. The average molecular weight is 465 g/mol. The molecule has 1 fully saturated rings. The minimum Gasteiger partial charge on any atom is -0.341 e. The summed E-state index contributed by atoms with van der Waals surface area (Å²) in [5, 5.41) is 2.06. The summed E-state index contributed by atoms with van der Waals surface area (Å²) in [7, 11) is 1.86. The summed E-state index contributed by atoms with van der Waals surface area (Å²) in [5.74, 6) is 0.193. The average Bonchev–Trinajstić information content (AvgIpc) is 2.79. The van der Waals surface area contributed by atoms with Crippen molar-refractivity contribution in [1.82, 2.24) is 9.80 Å². The predicted octanol–water partition coefficient (Wildman–Crippen LogP) is 5.11. The van der Waals surface area contributed by atoms with Gasteiger partial charge >= 0.3 is 0 Å². The molecule has 1 heterocycles. The van der Waals surface area contributed by atoms with Crippen molar-refractivity contribution in [2.45, 2.75) is 19.4 Å². The van der Waals surface area contributed by atoms with Gasteiger partial charge in [0.25, 0.3) is 5.91 Å². The molecule has 0 saturated carbocycles. The summed E-state index contributed by atoms with van der Waals surface area (Å²) in [6, 6.07) is 21.9. The van der Waals surface area contributed by atoms with E-state index in [4.69, 9.17) is 0 Å². The van der Waals surface area contributed by atoms with Gasteiger partial charge in [0.2, 0.25) is 5.91 Å². The molecule has 1 aliphatic rings. The van der Waals surface area contributed by atoms with E-state index < -0.39 is 0 Å². The number of halogens is 1. The van der Waals surface area contributed by atoms with Gasteiger partial charge in [-0.25, -0.2) is 0 Å². The van der Waals surface area contributed by atoms with Crippen LogP contribution in [-0.2, 0) is 11.3 Å². The van der Waals surface area contributed by atoms with Gasteiger partial charge < -0.3 is 9.80 Å². The summed E-state index contributed by atoms with van der Waals surface area (Å²) >= 11 is 3.44. The van der Waals surface area contributed by atoms with E-state index in [9.17, 15) is 9.59 Å². The minimum absolute atomic E-state index is 0.0259. The highest BCUT2D eigenvalue weighted by atomic mass is 79.9. The van der Waals surface area contributed by atoms with Crippen LogP contribution in [0.25, 0.3) is 10.8 Å². The van der Waals surface area contributed by atoms with Crippen molar-refractivity contribution in [3.05, 3.63) is 82.3 Å². The van der Waals surface area contributed by atoms with E-state index in [1.54, 1.807) is 4.90 Å². The van der Waals surface area contributed by atoms with Gasteiger partial charge in [0.15, 0.2) is 0 Å². The topological polar surface area (TPSA) is 40.6 Å². The molecule has 1 saturated heterocycles. The highest BCUT2D eigenvalue weighted by Gasteiger charge is 2.30. The number of carbonyl (C=O) groups is 2. The molecule has 0 spiro atoms. The number of amides is 2. The monoisotopic (exact) mass is 464 g/mol. The first-order chi connectivity index (χ1) is 14.5. The zero-order chi connectivity index (χ0) is 21.1. The fourth-order valence-electron chi connectivity index (χ4n) is 4.17. The van der Waals surface area contributed by atoms with Crippen LogP contribution in [0.3, 0.4) is 0 Å². The SMILES string of the molecule is CN(Cc1ccc(Br)cc1)C(=O)C1CCN(C(=O)c2cccc3ccccc23)CC1. The van der Waals surface area contributed by atoms with Crippen LogP contribution >= 0.6 is 15.9 Å². The van der Waals surface area contributed by atoms with Gasteiger partial charge in [0.05, 0.1) is 0 Å². The second kappa shape index (κ2) is 9.00. The van der Waals surface area contributed by atoms with E-state index in [1.807, 2.05) is 78.7 Å².